The van der Waals surface area contributed by atoms with Gasteiger partial charge in [-0.3, -0.25) is 9.48 Å². The molecule has 1 aromatic heterocycles. The molecule has 0 bridgehead atoms. The zero-order valence-corrected chi connectivity index (χ0v) is 20.1. The van der Waals surface area contributed by atoms with E-state index in [-0.39, 0.29) is 11.4 Å². The molecule has 0 N–H and O–H groups in total. The maximum atomic E-state index is 12.8. The average molecular weight is 464 g/mol. The summed E-state index contributed by atoms with van der Waals surface area (Å²) in [5, 5.41) is 15.1. The zero-order valence-electron chi connectivity index (χ0n) is 19.3. The van der Waals surface area contributed by atoms with E-state index < -0.39 is 5.41 Å². The van der Waals surface area contributed by atoms with Crippen molar-refractivity contribution in [3.05, 3.63) is 70.4 Å². The molecule has 170 valence electrons. The molecule has 7 heteroatoms. The van der Waals surface area contributed by atoms with Crippen LogP contribution in [0.5, 0.6) is 11.5 Å². The van der Waals surface area contributed by atoms with Crippen molar-refractivity contribution in [1.29, 1.82) is 5.26 Å². The van der Waals surface area contributed by atoms with Gasteiger partial charge >= 0.3 is 0 Å². The summed E-state index contributed by atoms with van der Waals surface area (Å²) in [7, 11) is 3.13. The Kier molecular flexibility index (Phi) is 7.25. The van der Waals surface area contributed by atoms with Crippen LogP contribution < -0.4 is 9.47 Å². The number of Topliss-reactive ketones (excluding diaryl/α,β-unsaturated/α-hetero) is 1. The SMILES string of the molecule is COc1ccc(-c2nn(Cc3ccccc3Cl)cc2/C=C(\C#N)C(=O)C(C)(C)C)cc1OC. The lowest BCUT2D eigenvalue weighted by molar-refractivity contribution is -0.121. The topological polar surface area (TPSA) is 77.1 Å². The number of methoxy groups -OCH3 is 2. The molecule has 0 saturated heterocycles. The van der Waals surface area contributed by atoms with Gasteiger partial charge in [0.25, 0.3) is 0 Å². The molecule has 0 atom stereocenters. The van der Waals surface area contributed by atoms with Crippen molar-refractivity contribution < 1.29 is 14.3 Å². The molecule has 0 spiro atoms. The van der Waals surface area contributed by atoms with E-state index in [4.69, 9.17) is 26.2 Å². The van der Waals surface area contributed by atoms with Crippen LogP contribution >= 0.6 is 11.6 Å². The number of carbonyl (C=O) groups is 1. The molecule has 0 aliphatic carbocycles. The molecule has 0 unspecified atom stereocenters. The number of aromatic nitrogens is 2. The van der Waals surface area contributed by atoms with E-state index in [1.165, 1.54) is 0 Å². The van der Waals surface area contributed by atoms with Crippen molar-refractivity contribution >= 4 is 23.5 Å². The minimum absolute atomic E-state index is 0.0709. The fourth-order valence-electron chi connectivity index (χ4n) is 3.34. The summed E-state index contributed by atoms with van der Waals surface area (Å²) in [6.45, 7) is 5.80. The van der Waals surface area contributed by atoms with Gasteiger partial charge in [0.2, 0.25) is 0 Å². The molecule has 0 aliphatic rings. The number of hydrogen-bond donors (Lipinski definition) is 0. The maximum Gasteiger partial charge on any atom is 0.178 e. The minimum Gasteiger partial charge on any atom is -0.493 e. The third-order valence-corrected chi connectivity index (χ3v) is 5.45. The molecule has 3 rings (SSSR count). The summed E-state index contributed by atoms with van der Waals surface area (Å²) in [6.07, 6.45) is 3.40. The predicted octanol–water partition coefficient (Wildman–Crippen LogP) is 5.79. The number of carbonyl (C=O) groups excluding carboxylic acids is 1. The summed E-state index contributed by atoms with van der Waals surface area (Å²) in [5.41, 5.74) is 2.31. The second-order valence-electron chi connectivity index (χ2n) is 8.54. The first-order chi connectivity index (χ1) is 15.7. The van der Waals surface area contributed by atoms with Gasteiger partial charge < -0.3 is 9.47 Å². The van der Waals surface area contributed by atoms with Gasteiger partial charge in [0.15, 0.2) is 17.3 Å². The normalized spacial score (nSPS) is 11.7. The highest BCUT2D eigenvalue weighted by Gasteiger charge is 2.26. The number of halogens is 1. The van der Waals surface area contributed by atoms with E-state index in [0.717, 1.165) is 11.1 Å². The molecule has 33 heavy (non-hydrogen) atoms. The van der Waals surface area contributed by atoms with Crippen LogP contribution in [0.4, 0.5) is 0 Å². The van der Waals surface area contributed by atoms with E-state index in [2.05, 4.69) is 6.07 Å². The molecule has 6 nitrogen and oxygen atoms in total. The first-order valence-electron chi connectivity index (χ1n) is 10.4. The second kappa shape index (κ2) is 9.93. The number of nitriles is 1. The highest BCUT2D eigenvalue weighted by atomic mass is 35.5. The van der Waals surface area contributed by atoms with E-state index in [1.54, 1.807) is 51.8 Å². The summed E-state index contributed by atoms with van der Waals surface area (Å²) in [5.74, 6) is 0.911. The molecule has 0 fully saturated rings. The Balaban J connectivity index is 2.15. The third kappa shape index (κ3) is 5.44. The fourth-order valence-corrected chi connectivity index (χ4v) is 3.54. The van der Waals surface area contributed by atoms with Crippen molar-refractivity contribution in [2.24, 2.45) is 5.41 Å². The smallest absolute Gasteiger partial charge is 0.178 e. The number of ether oxygens (including phenoxy) is 2. The highest BCUT2D eigenvalue weighted by Crippen LogP contribution is 2.34. The van der Waals surface area contributed by atoms with Gasteiger partial charge in [-0.2, -0.15) is 10.4 Å². The molecule has 0 radical (unpaired) electrons. The van der Waals surface area contributed by atoms with Crippen LogP contribution in [-0.2, 0) is 11.3 Å². The van der Waals surface area contributed by atoms with Gasteiger partial charge in [0.05, 0.1) is 32.0 Å². The lowest BCUT2D eigenvalue weighted by atomic mass is 9.86. The number of benzene rings is 2. The summed E-state index contributed by atoms with van der Waals surface area (Å²) < 4.78 is 12.5. The van der Waals surface area contributed by atoms with Crippen LogP contribution in [0.3, 0.4) is 0 Å². The van der Waals surface area contributed by atoms with E-state index in [1.807, 2.05) is 42.6 Å². The standard InChI is InChI=1S/C26H26ClN3O3/c1-26(2,3)25(31)19(14-28)12-20-16-30(15-18-8-6-7-9-21(18)27)29-24(20)17-10-11-22(32-4)23(13-17)33-5/h6-13,16H,15H2,1-5H3/b19-12+. The average Bonchev–Trinajstić information content (AvgIpc) is 3.19. The van der Waals surface area contributed by atoms with Crippen LogP contribution in [0.2, 0.25) is 5.02 Å². The van der Waals surface area contributed by atoms with Crippen LogP contribution in [0.25, 0.3) is 17.3 Å². The molecule has 3 aromatic rings. The number of allylic oxidation sites excluding steroid dienone is 1. The lowest BCUT2D eigenvalue weighted by Crippen LogP contribution is -2.21. The molecule has 1 heterocycles. The zero-order chi connectivity index (χ0) is 24.2. The largest absolute Gasteiger partial charge is 0.493 e. The third-order valence-electron chi connectivity index (χ3n) is 5.08. The number of hydrogen-bond acceptors (Lipinski definition) is 5. The molecule has 0 aliphatic heterocycles. The Bertz CT molecular complexity index is 1250. The molecular formula is C26H26ClN3O3. The highest BCUT2D eigenvalue weighted by molar-refractivity contribution is 6.31. The van der Waals surface area contributed by atoms with E-state index >= 15 is 0 Å². The Morgan fingerprint density at radius 2 is 1.85 bits per heavy atom. The second-order valence-corrected chi connectivity index (χ2v) is 8.95. The maximum absolute atomic E-state index is 12.8. The van der Waals surface area contributed by atoms with Gasteiger partial charge in [-0.05, 0) is 35.9 Å². The van der Waals surface area contributed by atoms with Crippen LogP contribution in [-0.4, -0.2) is 29.8 Å². The van der Waals surface area contributed by atoms with Crippen LogP contribution in [0.1, 0.15) is 31.9 Å². The van der Waals surface area contributed by atoms with E-state index in [0.29, 0.717) is 34.3 Å². The fraction of sp³-hybridized carbons (Fsp3) is 0.269. The van der Waals surface area contributed by atoms with Crippen molar-refractivity contribution in [2.45, 2.75) is 27.3 Å². The van der Waals surface area contributed by atoms with Crippen molar-refractivity contribution in [1.82, 2.24) is 9.78 Å². The number of nitrogens with zero attached hydrogens (tertiary/aromatic N) is 3. The summed E-state index contributed by atoms with van der Waals surface area (Å²) >= 11 is 6.34. The van der Waals surface area contributed by atoms with Crippen molar-refractivity contribution in [3.63, 3.8) is 0 Å². The van der Waals surface area contributed by atoms with Crippen molar-refractivity contribution in [2.75, 3.05) is 14.2 Å². The summed E-state index contributed by atoms with van der Waals surface area (Å²) in [6, 6.07) is 15.1. The molecule has 2 aromatic carbocycles. The predicted molar refractivity (Wildman–Crippen MR) is 129 cm³/mol. The first kappa shape index (κ1) is 24.1. The van der Waals surface area contributed by atoms with Gasteiger partial charge in [-0.15, -0.1) is 0 Å². The molecular weight excluding hydrogens is 438 g/mol. The molecule has 0 saturated carbocycles. The van der Waals surface area contributed by atoms with Gasteiger partial charge in [-0.25, -0.2) is 0 Å². The quantitative estimate of drug-likeness (QED) is 0.327. The van der Waals surface area contributed by atoms with Crippen molar-refractivity contribution in [3.8, 4) is 28.8 Å². The van der Waals surface area contributed by atoms with Gasteiger partial charge in [-0.1, -0.05) is 50.6 Å². The first-order valence-corrected chi connectivity index (χ1v) is 10.8. The van der Waals surface area contributed by atoms with Gasteiger partial charge in [0.1, 0.15) is 6.07 Å². The lowest BCUT2D eigenvalue weighted by Gasteiger charge is -2.15. The minimum atomic E-state index is -0.682. The Morgan fingerprint density at radius 1 is 1.15 bits per heavy atom. The summed E-state index contributed by atoms with van der Waals surface area (Å²) in [4.78, 5) is 12.8. The molecule has 0 amide bonds. The number of rotatable bonds is 7. The monoisotopic (exact) mass is 463 g/mol. The number of ketones is 1. The van der Waals surface area contributed by atoms with Crippen LogP contribution in [0.15, 0.2) is 54.2 Å². The van der Waals surface area contributed by atoms with Crippen LogP contribution in [0, 0.1) is 16.7 Å². The Labute approximate surface area is 199 Å². The Hall–Kier alpha value is -3.56. The van der Waals surface area contributed by atoms with Gasteiger partial charge in [0, 0.05) is 27.8 Å². The Morgan fingerprint density at radius 3 is 2.45 bits per heavy atom. The van der Waals surface area contributed by atoms with E-state index in [9.17, 15) is 10.1 Å².